The van der Waals surface area contributed by atoms with Gasteiger partial charge in [-0.15, -0.1) is 0 Å². The number of methoxy groups -OCH3 is 2. The van der Waals surface area contributed by atoms with Gasteiger partial charge in [0.05, 0.1) is 14.2 Å². The van der Waals surface area contributed by atoms with Gasteiger partial charge in [-0.25, -0.2) is 4.98 Å². The van der Waals surface area contributed by atoms with E-state index in [9.17, 15) is 4.79 Å². The molecule has 0 bridgehead atoms. The molecule has 1 aromatic heterocycles. The first-order valence-electron chi connectivity index (χ1n) is 5.79. The standard InChI is InChI=1S/C14H13ClN2O3/c1-19-10-6-9(7-11(8-10)20-2)14(18)17-13-5-3-4-12(15)16-13/h3-8H,1-2H3,(H,16,17,18). The van der Waals surface area contributed by atoms with E-state index in [1.54, 1.807) is 36.4 Å². The van der Waals surface area contributed by atoms with Crippen LogP contribution in [0.1, 0.15) is 10.4 Å². The molecule has 5 nitrogen and oxygen atoms in total. The highest BCUT2D eigenvalue weighted by Crippen LogP contribution is 2.23. The maximum absolute atomic E-state index is 12.2. The van der Waals surface area contributed by atoms with Crippen LogP contribution >= 0.6 is 11.6 Å². The molecule has 2 aromatic rings. The van der Waals surface area contributed by atoms with Crippen LogP contribution in [0.3, 0.4) is 0 Å². The Morgan fingerprint density at radius 3 is 2.35 bits per heavy atom. The van der Waals surface area contributed by atoms with Gasteiger partial charge in [0.2, 0.25) is 0 Å². The zero-order valence-electron chi connectivity index (χ0n) is 11.0. The second-order valence-electron chi connectivity index (χ2n) is 3.90. The minimum absolute atomic E-state index is 0.311. The smallest absolute Gasteiger partial charge is 0.257 e. The molecule has 2 rings (SSSR count). The molecule has 20 heavy (non-hydrogen) atoms. The molecule has 0 aliphatic heterocycles. The molecule has 1 N–H and O–H groups in total. The third kappa shape index (κ3) is 3.39. The van der Waals surface area contributed by atoms with Crippen LogP contribution in [0.2, 0.25) is 5.15 Å². The molecule has 0 atom stereocenters. The zero-order valence-corrected chi connectivity index (χ0v) is 11.8. The first-order valence-corrected chi connectivity index (χ1v) is 6.17. The maximum Gasteiger partial charge on any atom is 0.257 e. The van der Waals surface area contributed by atoms with Gasteiger partial charge < -0.3 is 14.8 Å². The lowest BCUT2D eigenvalue weighted by Gasteiger charge is -2.09. The van der Waals surface area contributed by atoms with Crippen molar-refractivity contribution in [1.29, 1.82) is 0 Å². The number of amides is 1. The van der Waals surface area contributed by atoms with Gasteiger partial charge in [-0.05, 0) is 24.3 Å². The van der Waals surface area contributed by atoms with Crippen LogP contribution in [0.25, 0.3) is 0 Å². The molecule has 104 valence electrons. The van der Waals surface area contributed by atoms with Gasteiger partial charge in [-0.3, -0.25) is 4.79 Å². The van der Waals surface area contributed by atoms with Crippen LogP contribution in [0.5, 0.6) is 11.5 Å². The van der Waals surface area contributed by atoms with Crippen LogP contribution in [-0.4, -0.2) is 25.1 Å². The molecule has 1 aromatic carbocycles. The fraction of sp³-hybridized carbons (Fsp3) is 0.143. The molecule has 0 spiro atoms. The highest BCUT2D eigenvalue weighted by molar-refractivity contribution is 6.29. The number of hydrogen-bond donors (Lipinski definition) is 1. The monoisotopic (exact) mass is 292 g/mol. The summed E-state index contributed by atoms with van der Waals surface area (Å²) in [5.41, 5.74) is 0.406. The Balaban J connectivity index is 2.24. The molecule has 0 radical (unpaired) electrons. The minimum Gasteiger partial charge on any atom is -0.497 e. The van der Waals surface area contributed by atoms with E-state index in [4.69, 9.17) is 21.1 Å². The molecule has 0 aliphatic rings. The number of pyridine rings is 1. The summed E-state index contributed by atoms with van der Waals surface area (Å²) in [7, 11) is 3.05. The number of nitrogens with one attached hydrogen (secondary N) is 1. The zero-order chi connectivity index (χ0) is 14.5. The molecule has 1 amide bonds. The van der Waals surface area contributed by atoms with Crippen molar-refractivity contribution >= 4 is 23.3 Å². The first-order chi connectivity index (χ1) is 9.62. The van der Waals surface area contributed by atoms with E-state index in [1.165, 1.54) is 14.2 Å². The van der Waals surface area contributed by atoms with Gasteiger partial charge in [0.15, 0.2) is 0 Å². The largest absolute Gasteiger partial charge is 0.497 e. The van der Waals surface area contributed by atoms with Crippen molar-refractivity contribution in [3.63, 3.8) is 0 Å². The number of carbonyl (C=O) groups is 1. The molecule has 0 fully saturated rings. The molecule has 6 heteroatoms. The Labute approximate surface area is 121 Å². The van der Waals surface area contributed by atoms with Crippen molar-refractivity contribution in [3.8, 4) is 11.5 Å². The SMILES string of the molecule is COc1cc(OC)cc(C(=O)Nc2cccc(Cl)n2)c1. The number of ether oxygens (including phenoxy) is 2. The molecular weight excluding hydrogens is 280 g/mol. The molecular formula is C14H13ClN2O3. The van der Waals surface area contributed by atoms with Gasteiger partial charge in [0, 0.05) is 11.6 Å². The average Bonchev–Trinajstić information content (AvgIpc) is 2.46. The van der Waals surface area contributed by atoms with Crippen molar-refractivity contribution in [3.05, 3.63) is 47.1 Å². The predicted octanol–water partition coefficient (Wildman–Crippen LogP) is 3.00. The Hall–Kier alpha value is -2.27. The predicted molar refractivity (Wildman–Crippen MR) is 76.7 cm³/mol. The summed E-state index contributed by atoms with van der Waals surface area (Å²) in [5.74, 6) is 1.13. The summed E-state index contributed by atoms with van der Waals surface area (Å²) in [4.78, 5) is 16.2. The van der Waals surface area contributed by atoms with E-state index >= 15 is 0 Å². The van der Waals surface area contributed by atoms with E-state index in [0.29, 0.717) is 28.0 Å². The lowest BCUT2D eigenvalue weighted by molar-refractivity contribution is 0.102. The Morgan fingerprint density at radius 2 is 1.80 bits per heavy atom. The first kappa shape index (κ1) is 14.1. The number of halogens is 1. The van der Waals surface area contributed by atoms with E-state index < -0.39 is 0 Å². The molecule has 1 heterocycles. The van der Waals surface area contributed by atoms with Gasteiger partial charge in [0.1, 0.15) is 22.5 Å². The molecule has 0 unspecified atom stereocenters. The Bertz CT molecular complexity index is 609. The minimum atomic E-state index is -0.322. The quantitative estimate of drug-likeness (QED) is 0.880. The average molecular weight is 293 g/mol. The third-order valence-corrected chi connectivity index (χ3v) is 2.78. The summed E-state index contributed by atoms with van der Waals surface area (Å²) >= 11 is 5.77. The normalized spacial score (nSPS) is 9.95. The fourth-order valence-electron chi connectivity index (χ4n) is 1.60. The molecule has 0 aliphatic carbocycles. The third-order valence-electron chi connectivity index (χ3n) is 2.57. The Kier molecular flexibility index (Phi) is 4.42. The van der Waals surface area contributed by atoms with Crippen molar-refractivity contribution in [1.82, 2.24) is 4.98 Å². The summed E-state index contributed by atoms with van der Waals surface area (Å²) in [6.45, 7) is 0. The van der Waals surface area contributed by atoms with E-state index in [0.717, 1.165) is 0 Å². The van der Waals surface area contributed by atoms with E-state index in [2.05, 4.69) is 10.3 Å². The number of benzene rings is 1. The number of aromatic nitrogens is 1. The van der Waals surface area contributed by atoms with Crippen molar-refractivity contribution in [2.75, 3.05) is 19.5 Å². The van der Waals surface area contributed by atoms with Crippen molar-refractivity contribution in [2.24, 2.45) is 0 Å². The lowest BCUT2D eigenvalue weighted by Crippen LogP contribution is -2.13. The number of hydrogen-bond acceptors (Lipinski definition) is 4. The van der Waals surface area contributed by atoms with Crippen LogP contribution in [-0.2, 0) is 0 Å². The summed E-state index contributed by atoms with van der Waals surface area (Å²) in [5, 5.41) is 2.97. The van der Waals surface area contributed by atoms with Crippen LogP contribution in [0.4, 0.5) is 5.82 Å². The lowest BCUT2D eigenvalue weighted by atomic mass is 10.2. The second-order valence-corrected chi connectivity index (χ2v) is 4.29. The number of rotatable bonds is 4. The summed E-state index contributed by atoms with van der Waals surface area (Å²) in [6.07, 6.45) is 0. The van der Waals surface area contributed by atoms with Gasteiger partial charge in [0.25, 0.3) is 5.91 Å². The number of anilines is 1. The fourth-order valence-corrected chi connectivity index (χ4v) is 1.77. The molecule has 0 saturated carbocycles. The summed E-state index contributed by atoms with van der Waals surface area (Å²) < 4.78 is 10.2. The topological polar surface area (TPSA) is 60.5 Å². The Morgan fingerprint density at radius 1 is 1.15 bits per heavy atom. The number of carbonyl (C=O) groups excluding carboxylic acids is 1. The molecule has 0 saturated heterocycles. The van der Waals surface area contributed by atoms with Crippen molar-refractivity contribution < 1.29 is 14.3 Å². The van der Waals surface area contributed by atoms with Crippen molar-refractivity contribution in [2.45, 2.75) is 0 Å². The van der Waals surface area contributed by atoms with Gasteiger partial charge >= 0.3 is 0 Å². The summed E-state index contributed by atoms with van der Waals surface area (Å²) in [6, 6.07) is 9.91. The van der Waals surface area contributed by atoms with Gasteiger partial charge in [-0.1, -0.05) is 17.7 Å². The maximum atomic E-state index is 12.2. The van der Waals surface area contributed by atoms with Crippen LogP contribution < -0.4 is 14.8 Å². The van der Waals surface area contributed by atoms with E-state index in [-0.39, 0.29) is 5.91 Å². The second kappa shape index (κ2) is 6.25. The van der Waals surface area contributed by atoms with E-state index in [1.807, 2.05) is 0 Å². The number of nitrogens with zero attached hydrogens (tertiary/aromatic N) is 1. The van der Waals surface area contributed by atoms with Crippen LogP contribution in [0.15, 0.2) is 36.4 Å². The highest BCUT2D eigenvalue weighted by Gasteiger charge is 2.10. The highest BCUT2D eigenvalue weighted by atomic mass is 35.5. The van der Waals surface area contributed by atoms with Gasteiger partial charge in [-0.2, -0.15) is 0 Å². The van der Waals surface area contributed by atoms with Crippen LogP contribution in [0, 0.1) is 0 Å².